The molecule has 2 aromatic carbocycles. The number of fused-ring (bicyclic) bond motifs is 1. The molecule has 3 aliphatic heterocycles. The summed E-state index contributed by atoms with van der Waals surface area (Å²) in [5.41, 5.74) is 4.42. The second kappa shape index (κ2) is 12.3. The summed E-state index contributed by atoms with van der Waals surface area (Å²) in [6.07, 6.45) is 6.12. The SMILES string of the molecule is CC(=[OH+])CC1CC(CC(=O)[NH+]2C3CN(C(c4ccccc4)c4ccc([OH+]CC5(C)CC5)c(C)c4)CC(C(C)(C)C)C32)CC[NH2+]1. The maximum absolute atomic E-state index is 13.9. The van der Waals surface area contributed by atoms with Gasteiger partial charge in [-0.1, -0.05) is 58.0 Å². The molecule has 4 aliphatic rings. The average Bonchev–Trinajstić information content (AvgIpc) is 3.88. The average molecular weight is 604 g/mol. The molecule has 3 heterocycles. The molecule has 1 amide bonds. The lowest BCUT2D eigenvalue weighted by Crippen LogP contribution is -3.00. The highest BCUT2D eigenvalue weighted by Gasteiger charge is 2.67. The Labute approximate surface area is 264 Å². The zero-order chi connectivity index (χ0) is 31.2. The largest absolute Gasteiger partial charge is 0.582 e. The van der Waals surface area contributed by atoms with E-state index in [0.717, 1.165) is 51.3 Å². The number of aliphatic hydroxyl groups is 1. The van der Waals surface area contributed by atoms with Crippen molar-refractivity contribution in [1.82, 2.24) is 4.90 Å². The third-order valence-electron chi connectivity index (χ3n) is 11.3. The smallest absolute Gasteiger partial charge is 0.313 e. The summed E-state index contributed by atoms with van der Waals surface area (Å²) in [7, 11) is 0. The van der Waals surface area contributed by atoms with Gasteiger partial charge in [0, 0.05) is 49.3 Å². The highest BCUT2D eigenvalue weighted by atomic mass is 16.5. The molecular formula is C38H57N3O3+4. The third-order valence-corrected chi connectivity index (χ3v) is 11.3. The number of rotatable bonds is 10. The molecule has 5 N–H and O–H groups in total. The number of quaternary nitrogens is 2. The Morgan fingerprint density at radius 1 is 1.11 bits per heavy atom. The van der Waals surface area contributed by atoms with Crippen molar-refractivity contribution in [2.24, 2.45) is 22.7 Å². The van der Waals surface area contributed by atoms with Crippen LogP contribution in [0.5, 0.6) is 5.75 Å². The first kappa shape index (κ1) is 31.4. The van der Waals surface area contributed by atoms with Crippen LogP contribution in [0.2, 0.25) is 0 Å². The predicted octanol–water partition coefficient (Wildman–Crippen LogP) is 3.95. The van der Waals surface area contributed by atoms with Crippen LogP contribution in [0.3, 0.4) is 0 Å². The molecular weight excluding hydrogens is 546 g/mol. The molecule has 238 valence electrons. The minimum Gasteiger partial charge on any atom is -0.582 e. The summed E-state index contributed by atoms with van der Waals surface area (Å²) in [5.74, 6) is 2.93. The van der Waals surface area contributed by atoms with Crippen molar-refractivity contribution in [2.45, 2.75) is 104 Å². The van der Waals surface area contributed by atoms with E-state index in [-0.39, 0.29) is 11.5 Å². The molecule has 0 aromatic heterocycles. The number of amides is 1. The Morgan fingerprint density at radius 2 is 1.86 bits per heavy atom. The van der Waals surface area contributed by atoms with E-state index >= 15 is 0 Å². The summed E-state index contributed by atoms with van der Waals surface area (Å²) in [4.78, 5) is 27.7. The summed E-state index contributed by atoms with van der Waals surface area (Å²) < 4.78 is 5.01. The standard InChI is InChI=1S/C38H53N3O3/c1-25-18-29(12-13-33(25)44-24-38(6)15-16-38)35(28-10-8-7-9-11-28)40-22-31(37(3,4)5)36-32(23-40)41(36)34(43)21-27-14-17-39-30(20-27)19-26(2)42/h7-13,18,27,30-32,35-36,39H,14-17,19-24H2,1-6H3/p+4. The number of hydrogen-bond donors (Lipinski definition) is 2. The highest BCUT2D eigenvalue weighted by Crippen LogP contribution is 2.46. The number of carbonyl (C=O) groups excluding carboxylic acids is 2. The fraction of sp³-hybridized carbons (Fsp3) is 0.632. The van der Waals surface area contributed by atoms with E-state index in [9.17, 15) is 9.59 Å². The van der Waals surface area contributed by atoms with Gasteiger partial charge in [-0.3, -0.25) is 14.6 Å². The number of nitrogens with one attached hydrogen (secondary N) is 1. The van der Waals surface area contributed by atoms with Crippen molar-refractivity contribution < 1.29 is 24.5 Å². The fourth-order valence-corrected chi connectivity index (χ4v) is 8.40. The molecule has 0 bridgehead atoms. The van der Waals surface area contributed by atoms with Crippen LogP contribution in [-0.4, -0.2) is 70.5 Å². The third kappa shape index (κ3) is 6.98. The number of nitrogens with two attached hydrogens (primary N) is 1. The topological polar surface area (TPSA) is 75.6 Å². The number of ether oxygens (including phenoxy) is 1. The Balaban J connectivity index is 1.22. The monoisotopic (exact) mass is 603 g/mol. The Morgan fingerprint density at radius 3 is 2.52 bits per heavy atom. The Bertz CT molecular complexity index is 1350. The van der Waals surface area contributed by atoms with E-state index < -0.39 is 0 Å². The normalized spacial score (nSPS) is 30.2. The van der Waals surface area contributed by atoms with Crippen LogP contribution >= 0.6 is 0 Å². The van der Waals surface area contributed by atoms with E-state index in [1.165, 1.54) is 34.4 Å². The predicted molar refractivity (Wildman–Crippen MR) is 177 cm³/mol. The quantitative estimate of drug-likeness (QED) is 0.319. The van der Waals surface area contributed by atoms with E-state index in [4.69, 9.17) is 4.74 Å². The molecule has 6 rings (SSSR count). The number of nitrogens with zero attached hydrogens (tertiary/aromatic N) is 1. The van der Waals surface area contributed by atoms with Crippen molar-refractivity contribution in [3.05, 3.63) is 65.2 Å². The van der Waals surface area contributed by atoms with Crippen LogP contribution in [0, 0.1) is 29.6 Å². The van der Waals surface area contributed by atoms with E-state index in [1.54, 1.807) is 6.92 Å². The number of hydrogen-bond acceptors (Lipinski definition) is 2. The van der Waals surface area contributed by atoms with Crippen LogP contribution in [0.1, 0.15) is 95.9 Å². The van der Waals surface area contributed by atoms with E-state index in [2.05, 4.69) is 93.4 Å². The van der Waals surface area contributed by atoms with Gasteiger partial charge in [-0.2, -0.15) is 0 Å². The van der Waals surface area contributed by atoms with Gasteiger partial charge >= 0.3 is 5.91 Å². The molecule has 1 aliphatic carbocycles. The lowest BCUT2D eigenvalue weighted by atomic mass is 9.75. The Kier molecular flexibility index (Phi) is 8.82. The zero-order valence-corrected chi connectivity index (χ0v) is 28.0. The van der Waals surface area contributed by atoms with Gasteiger partial charge in [0.1, 0.15) is 6.42 Å². The molecule has 0 radical (unpaired) electrons. The van der Waals surface area contributed by atoms with E-state index in [0.29, 0.717) is 53.5 Å². The number of aromatic hydroxyl groups is 1. The van der Waals surface area contributed by atoms with Gasteiger partial charge in [0.05, 0.1) is 31.6 Å². The van der Waals surface area contributed by atoms with Crippen molar-refractivity contribution in [1.29, 1.82) is 0 Å². The lowest BCUT2D eigenvalue weighted by molar-refractivity contribution is -0.708. The molecule has 44 heavy (non-hydrogen) atoms. The highest BCUT2D eigenvalue weighted by molar-refractivity contribution is 5.77. The molecule has 1 saturated carbocycles. The number of likely N-dealkylation sites (tertiary alicyclic amines) is 1. The second-order valence-electron chi connectivity index (χ2n) is 16.2. The lowest BCUT2D eigenvalue weighted by Gasteiger charge is -2.40. The van der Waals surface area contributed by atoms with Gasteiger partial charge in [-0.05, 0) is 54.4 Å². The summed E-state index contributed by atoms with van der Waals surface area (Å²) >= 11 is 0. The molecule has 0 spiro atoms. The molecule has 7 unspecified atom stereocenters. The van der Waals surface area contributed by atoms with Crippen molar-refractivity contribution in [3.8, 4) is 5.75 Å². The van der Waals surface area contributed by atoms with Gasteiger partial charge in [-0.25, -0.2) is 4.79 Å². The fourth-order valence-electron chi connectivity index (χ4n) is 8.40. The van der Waals surface area contributed by atoms with Crippen molar-refractivity contribution >= 4 is 11.7 Å². The minimum atomic E-state index is 0.113. The van der Waals surface area contributed by atoms with Crippen LogP contribution in [-0.2, 0) is 4.79 Å². The van der Waals surface area contributed by atoms with Crippen LogP contribution in [0.25, 0.3) is 0 Å². The van der Waals surface area contributed by atoms with Crippen molar-refractivity contribution in [2.75, 3.05) is 26.2 Å². The van der Waals surface area contributed by atoms with Crippen molar-refractivity contribution in [3.63, 3.8) is 0 Å². The van der Waals surface area contributed by atoms with Gasteiger partial charge in [0.15, 0.2) is 18.7 Å². The first-order valence-corrected chi connectivity index (χ1v) is 17.2. The van der Waals surface area contributed by atoms with Crippen LogP contribution in [0.15, 0.2) is 48.5 Å². The molecule has 3 saturated heterocycles. The number of piperidine rings is 2. The first-order chi connectivity index (χ1) is 20.9. The minimum absolute atomic E-state index is 0.113. The maximum Gasteiger partial charge on any atom is 0.313 e. The zero-order valence-electron chi connectivity index (χ0n) is 28.0. The Hall–Kier alpha value is -2.54. The number of aryl methyl sites for hydroxylation is 1. The van der Waals surface area contributed by atoms with Gasteiger partial charge in [0.2, 0.25) is 0 Å². The van der Waals surface area contributed by atoms with E-state index in [1.807, 2.05) is 0 Å². The van der Waals surface area contributed by atoms with Crippen LogP contribution < -0.4 is 10.2 Å². The van der Waals surface area contributed by atoms with Crippen LogP contribution in [0.4, 0.5) is 0 Å². The first-order valence-electron chi connectivity index (χ1n) is 17.2. The number of ketones is 1. The second-order valence-corrected chi connectivity index (χ2v) is 16.2. The number of benzene rings is 2. The summed E-state index contributed by atoms with van der Waals surface area (Å²) in [6.45, 7) is 17.4. The summed E-state index contributed by atoms with van der Waals surface area (Å²) in [6, 6.07) is 19.2. The van der Waals surface area contributed by atoms with Gasteiger partial charge in [0.25, 0.3) is 11.5 Å². The molecule has 2 aromatic rings. The molecule has 6 nitrogen and oxygen atoms in total. The summed E-state index contributed by atoms with van der Waals surface area (Å²) in [5, 5.41) is 2.36. The molecule has 7 atom stereocenters. The molecule has 4 fully saturated rings. The number of carbonyl (C=O) groups is 1. The van der Waals surface area contributed by atoms with Gasteiger partial charge < -0.3 is 10.1 Å². The maximum atomic E-state index is 13.9. The van der Waals surface area contributed by atoms with Gasteiger partial charge in [-0.15, -0.1) is 0 Å². The molecule has 6 heteroatoms.